The molecule has 0 bridgehead atoms. The molecule has 20 nitrogen and oxygen atoms in total. The molecule has 2 heterocycles. The van der Waals surface area contributed by atoms with Gasteiger partial charge < -0.3 is 46.7 Å². The number of benzene rings is 1. The number of hydrogen-bond donors (Lipinski definition) is 7. The molecule has 9 N–H and O–H groups in total. The van der Waals surface area contributed by atoms with Gasteiger partial charge in [-0.2, -0.15) is 0 Å². The molecule has 0 aliphatic carbocycles. The predicted molar refractivity (Wildman–Crippen MR) is 224 cm³/mol. The summed E-state index contributed by atoms with van der Waals surface area (Å²) in [6, 6.07) is -4.72. The second-order valence-corrected chi connectivity index (χ2v) is 19.7. The maximum absolute atomic E-state index is 13.9. The third-order valence-electron chi connectivity index (χ3n) is 9.88. The summed E-state index contributed by atoms with van der Waals surface area (Å²) in [5.41, 5.74) is 12.4. The number of carboxylic acids is 1. The summed E-state index contributed by atoms with van der Waals surface area (Å²) in [5.74, 6) is -4.16. The number of nitrogens with one attached hydrogen (secondary N) is 4. The summed E-state index contributed by atoms with van der Waals surface area (Å²) >= 11 is 0. The molecule has 1 aromatic rings. The van der Waals surface area contributed by atoms with Crippen molar-refractivity contribution in [3.05, 3.63) is 22.3 Å². The largest absolute Gasteiger partial charge is 0.487 e. The second-order valence-electron chi connectivity index (χ2n) is 18.0. The summed E-state index contributed by atoms with van der Waals surface area (Å²) in [7, 11) is -4.20. The molecule has 3 rings (SSSR count). The highest BCUT2D eigenvalue weighted by molar-refractivity contribution is 7.90. The summed E-state index contributed by atoms with van der Waals surface area (Å²) in [5, 5.41) is 16.7. The van der Waals surface area contributed by atoms with E-state index in [9.17, 15) is 42.3 Å². The molecule has 1 aromatic carbocycles. The number of carbonyl (C=O) groups is 6. The Kier molecular flexibility index (Phi) is 16.2. The lowest BCUT2D eigenvalue weighted by Gasteiger charge is -2.35. The molecule has 342 valence electrons. The average molecular weight is 881 g/mol. The van der Waals surface area contributed by atoms with Crippen LogP contribution in [0.5, 0.6) is 5.75 Å². The molecule has 0 spiro atoms. The van der Waals surface area contributed by atoms with Gasteiger partial charge in [0.05, 0.1) is 17.4 Å². The molecule has 0 radical (unpaired) electrons. The van der Waals surface area contributed by atoms with Crippen molar-refractivity contribution >= 4 is 51.7 Å². The maximum Gasteiger partial charge on any atom is 0.411 e. The molecule has 4 atom stereocenters. The number of likely N-dealkylation sites (tertiary alicyclic amines) is 1. The van der Waals surface area contributed by atoms with Crippen LogP contribution >= 0.6 is 0 Å². The van der Waals surface area contributed by atoms with Crippen LogP contribution in [-0.4, -0.2) is 121 Å². The summed E-state index contributed by atoms with van der Waals surface area (Å²) < 4.78 is 46.6. The average Bonchev–Trinajstić information content (AvgIpc) is 3.52. The number of nitrogens with zero attached hydrogens (tertiary/aromatic N) is 2. The molecule has 0 aromatic heterocycles. The van der Waals surface area contributed by atoms with Crippen LogP contribution in [0, 0.1) is 20.8 Å². The Morgan fingerprint density at radius 1 is 0.984 bits per heavy atom. The van der Waals surface area contributed by atoms with Gasteiger partial charge in [-0.05, 0) is 131 Å². The van der Waals surface area contributed by atoms with Gasteiger partial charge in [0.1, 0.15) is 41.2 Å². The Balaban J connectivity index is 1.76. The minimum atomic E-state index is -4.20. The van der Waals surface area contributed by atoms with Crippen LogP contribution in [0.3, 0.4) is 0 Å². The molecule has 61 heavy (non-hydrogen) atoms. The fourth-order valence-electron chi connectivity index (χ4n) is 6.96. The number of amides is 4. The Morgan fingerprint density at radius 3 is 2.20 bits per heavy atom. The van der Waals surface area contributed by atoms with Gasteiger partial charge in [0.25, 0.3) is 10.0 Å². The highest BCUT2D eigenvalue weighted by Crippen LogP contribution is 2.42. The first-order valence-corrected chi connectivity index (χ1v) is 21.6. The minimum Gasteiger partial charge on any atom is -0.487 e. The highest BCUT2D eigenvalue weighted by Gasteiger charge is 2.43. The molecule has 2 aliphatic heterocycles. The number of aliphatic carboxylic acids is 1. The number of sulfonamides is 1. The van der Waals surface area contributed by atoms with Crippen molar-refractivity contribution in [1.82, 2.24) is 25.6 Å². The zero-order valence-corrected chi connectivity index (χ0v) is 37.9. The van der Waals surface area contributed by atoms with Gasteiger partial charge in [0.15, 0.2) is 0 Å². The smallest absolute Gasteiger partial charge is 0.411 e. The number of fused-ring (bicyclic) bond motifs is 1. The van der Waals surface area contributed by atoms with E-state index in [1.54, 1.807) is 62.3 Å². The molecule has 4 amide bonds. The second kappa shape index (κ2) is 19.7. The molecular formula is C40H64N8O12S. The standard InChI is InChI=1S/C40H64N8O12S/c1-21-22(2)32(23(3)25-14-15-40(10,11)59-31(21)25)61(56,57)47-36(42)43-16-12-13-27(34(53)44-19-29(49)50)46-35(54)28-17-24(20-48(28)37(55)60-39(7,8)9)45-33(52)26(41)18-30(51)58-38(4,5)6/h24,26-28H,12-20,41H2,1-11H3,(H,44,53)(H,45,52)(H,46,54)(H,49,50)(H3,42,43,47)/t24-,26+,27+,28+/m1/s1. The fourth-order valence-corrected chi connectivity index (χ4v) is 8.49. The van der Waals surface area contributed by atoms with Crippen LogP contribution in [0.1, 0.15) is 110 Å². The van der Waals surface area contributed by atoms with Gasteiger partial charge in [-0.3, -0.25) is 33.9 Å². The van der Waals surface area contributed by atoms with Gasteiger partial charge in [-0.15, -0.1) is 0 Å². The van der Waals surface area contributed by atoms with Gasteiger partial charge in [0, 0.05) is 19.1 Å². The molecule has 2 aliphatic rings. The quantitative estimate of drug-likeness (QED) is 0.0566. The Morgan fingerprint density at radius 2 is 1.61 bits per heavy atom. The van der Waals surface area contributed by atoms with E-state index in [0.717, 1.165) is 10.5 Å². The van der Waals surface area contributed by atoms with Crippen molar-refractivity contribution in [3.63, 3.8) is 0 Å². The Bertz CT molecular complexity index is 2010. The van der Waals surface area contributed by atoms with Crippen molar-refractivity contribution in [2.24, 2.45) is 16.5 Å². The Hall–Kier alpha value is -5.18. The monoisotopic (exact) mass is 880 g/mol. The third kappa shape index (κ3) is 14.5. The van der Waals surface area contributed by atoms with Gasteiger partial charge >= 0.3 is 18.0 Å². The number of hydrogen-bond acceptors (Lipinski definition) is 13. The van der Waals surface area contributed by atoms with Crippen molar-refractivity contribution in [2.75, 3.05) is 19.6 Å². The van der Waals surface area contributed by atoms with Crippen LogP contribution in [-0.2, 0) is 49.9 Å². The minimum absolute atomic E-state index is 0.0612. The van der Waals surface area contributed by atoms with E-state index in [1.807, 2.05) is 13.8 Å². The van der Waals surface area contributed by atoms with Gasteiger partial charge in [0.2, 0.25) is 23.7 Å². The number of guanidine groups is 1. The highest BCUT2D eigenvalue weighted by atomic mass is 32.2. The maximum atomic E-state index is 13.9. The van der Waals surface area contributed by atoms with Gasteiger partial charge in [-0.1, -0.05) is 0 Å². The van der Waals surface area contributed by atoms with Crippen LogP contribution in [0.4, 0.5) is 4.79 Å². The molecule has 21 heteroatoms. The lowest BCUT2D eigenvalue weighted by molar-refractivity contribution is -0.156. The zero-order chi connectivity index (χ0) is 46.4. The predicted octanol–water partition coefficient (Wildman–Crippen LogP) is 1.33. The van der Waals surface area contributed by atoms with Crippen LogP contribution in [0.15, 0.2) is 9.89 Å². The number of carboxylic acid groups (broad SMARTS) is 1. The topological polar surface area (TPSA) is 300 Å². The van der Waals surface area contributed by atoms with Crippen molar-refractivity contribution in [2.45, 2.75) is 161 Å². The van der Waals surface area contributed by atoms with Crippen molar-refractivity contribution < 1.29 is 56.5 Å². The summed E-state index contributed by atoms with van der Waals surface area (Å²) in [4.78, 5) is 82.2. The molecule has 0 unspecified atom stereocenters. The Labute approximate surface area is 357 Å². The van der Waals surface area contributed by atoms with E-state index in [2.05, 4.69) is 25.7 Å². The number of rotatable bonds is 15. The lowest BCUT2D eigenvalue weighted by atomic mass is 9.88. The van der Waals surface area contributed by atoms with Crippen molar-refractivity contribution in [3.8, 4) is 5.75 Å². The van der Waals surface area contributed by atoms with Gasteiger partial charge in [-0.25, -0.2) is 17.9 Å². The first-order chi connectivity index (χ1) is 27.9. The summed E-state index contributed by atoms with van der Waals surface area (Å²) in [6.45, 7) is 18.0. The van der Waals surface area contributed by atoms with E-state index < -0.39 is 106 Å². The fraction of sp³-hybridized carbons (Fsp3) is 0.675. The number of esters is 1. The van der Waals surface area contributed by atoms with E-state index >= 15 is 0 Å². The number of ether oxygens (including phenoxy) is 3. The number of carbonyl (C=O) groups excluding carboxylic acids is 5. The molecule has 0 saturated carbocycles. The number of nitrogens with two attached hydrogens (primary N) is 2. The third-order valence-corrected chi connectivity index (χ3v) is 11.5. The van der Waals surface area contributed by atoms with E-state index in [4.69, 9.17) is 25.7 Å². The van der Waals surface area contributed by atoms with Crippen molar-refractivity contribution in [1.29, 1.82) is 0 Å². The van der Waals surface area contributed by atoms with Crippen LogP contribution in [0.25, 0.3) is 0 Å². The molecule has 1 saturated heterocycles. The van der Waals surface area contributed by atoms with E-state index in [0.29, 0.717) is 35.3 Å². The molecular weight excluding hydrogens is 817 g/mol. The number of aliphatic imine (C=N–C) groups is 1. The van der Waals surface area contributed by atoms with E-state index in [1.165, 1.54) is 0 Å². The zero-order valence-electron chi connectivity index (χ0n) is 37.1. The first kappa shape index (κ1) is 50.2. The summed E-state index contributed by atoms with van der Waals surface area (Å²) in [6.07, 6.45) is -0.160. The van der Waals surface area contributed by atoms with Crippen LogP contribution in [0.2, 0.25) is 0 Å². The van der Waals surface area contributed by atoms with Crippen LogP contribution < -0.4 is 36.9 Å². The van der Waals surface area contributed by atoms with E-state index in [-0.39, 0.29) is 37.2 Å². The first-order valence-electron chi connectivity index (χ1n) is 20.1. The SMILES string of the molecule is Cc1c(C)c(S(=O)(=O)NC(N)=NCCC[C@H](NC(=O)[C@@H]2C[C@@H](NC(=O)[C@@H](N)CC(=O)OC(C)(C)C)CN2C(=O)OC(C)(C)C)C(=O)NCC(=O)O)c(C)c2c1OC(C)(C)CC2. The normalized spacial score (nSPS) is 18.8. The molecule has 1 fully saturated rings. The lowest BCUT2D eigenvalue weighted by Crippen LogP contribution is -2.54.